The van der Waals surface area contributed by atoms with Crippen LogP contribution in [0.5, 0.6) is 0 Å². The van der Waals surface area contributed by atoms with Gasteiger partial charge in [-0.05, 0) is 37.5 Å². The van der Waals surface area contributed by atoms with Crippen molar-refractivity contribution in [2.24, 2.45) is 0 Å². The maximum atomic E-state index is 13.2. The number of alkyl halides is 3. The van der Waals surface area contributed by atoms with Gasteiger partial charge in [-0.25, -0.2) is 9.78 Å². The molecule has 1 aliphatic rings. The Kier molecular flexibility index (Phi) is 5.70. The molecule has 0 saturated carbocycles. The van der Waals surface area contributed by atoms with Crippen LogP contribution < -0.4 is 5.32 Å². The molecule has 1 fully saturated rings. The summed E-state index contributed by atoms with van der Waals surface area (Å²) in [6.07, 6.45) is 0.167. The van der Waals surface area contributed by atoms with E-state index < -0.39 is 18.0 Å². The lowest BCUT2D eigenvalue weighted by molar-refractivity contribution is -0.152. The number of benzene rings is 1. The number of nitrogens with zero attached hydrogens (tertiary/aromatic N) is 3. The van der Waals surface area contributed by atoms with Gasteiger partial charge in [0.05, 0.1) is 11.7 Å². The van der Waals surface area contributed by atoms with E-state index in [-0.39, 0.29) is 17.5 Å². The number of imidazole rings is 1. The number of hydrogen-bond acceptors (Lipinski definition) is 3. The number of rotatable bonds is 4. The van der Waals surface area contributed by atoms with Crippen molar-refractivity contribution >= 4 is 23.3 Å². The minimum Gasteiger partial charge on any atom is -0.455 e. The Hall–Kier alpha value is -2.94. The van der Waals surface area contributed by atoms with Crippen LogP contribution in [0, 0.1) is 6.92 Å². The van der Waals surface area contributed by atoms with Crippen LogP contribution in [-0.4, -0.2) is 27.0 Å². The molecule has 31 heavy (non-hydrogen) atoms. The SMILES string of the molecule is Cc1cc(NC(=O)N2CCC[C@@H]2c2nccn2Cc2ccc(Cl)cc2)c(C(F)(F)F)o1. The number of carbonyl (C=O) groups is 1. The Bertz CT molecular complexity index is 1080. The van der Waals surface area contributed by atoms with E-state index in [0.29, 0.717) is 30.4 Å². The highest BCUT2D eigenvalue weighted by Gasteiger charge is 2.40. The van der Waals surface area contributed by atoms with Crippen molar-refractivity contribution in [3.63, 3.8) is 0 Å². The fourth-order valence-electron chi connectivity index (χ4n) is 3.82. The van der Waals surface area contributed by atoms with Crippen LogP contribution >= 0.6 is 11.6 Å². The second-order valence-electron chi connectivity index (χ2n) is 7.42. The third-order valence-electron chi connectivity index (χ3n) is 5.18. The predicted molar refractivity (Wildman–Crippen MR) is 109 cm³/mol. The van der Waals surface area contributed by atoms with Crippen molar-refractivity contribution in [1.82, 2.24) is 14.5 Å². The van der Waals surface area contributed by atoms with Gasteiger partial charge < -0.3 is 19.2 Å². The molecule has 1 aliphatic heterocycles. The maximum absolute atomic E-state index is 13.2. The zero-order valence-electron chi connectivity index (χ0n) is 16.6. The molecule has 0 radical (unpaired) electrons. The zero-order valence-corrected chi connectivity index (χ0v) is 17.4. The van der Waals surface area contributed by atoms with Crippen LogP contribution in [0.4, 0.5) is 23.7 Å². The summed E-state index contributed by atoms with van der Waals surface area (Å²) in [4.78, 5) is 18.8. The fraction of sp³-hybridized carbons (Fsp3) is 0.333. The first-order valence-electron chi connectivity index (χ1n) is 9.73. The third kappa shape index (κ3) is 4.56. The van der Waals surface area contributed by atoms with E-state index in [4.69, 9.17) is 16.0 Å². The largest absolute Gasteiger partial charge is 0.455 e. The molecular formula is C21H20ClF3N4O2. The predicted octanol–water partition coefficient (Wildman–Crippen LogP) is 5.87. The molecule has 1 aromatic carbocycles. The number of furan rings is 1. The first-order valence-corrected chi connectivity index (χ1v) is 10.1. The van der Waals surface area contributed by atoms with E-state index in [0.717, 1.165) is 12.0 Å². The Morgan fingerprint density at radius 3 is 2.77 bits per heavy atom. The van der Waals surface area contributed by atoms with Crippen molar-refractivity contribution in [2.45, 2.75) is 38.5 Å². The lowest BCUT2D eigenvalue weighted by Gasteiger charge is -2.25. The van der Waals surface area contributed by atoms with Gasteiger partial charge in [0, 0.05) is 36.6 Å². The summed E-state index contributed by atoms with van der Waals surface area (Å²) in [7, 11) is 0. The van der Waals surface area contributed by atoms with Gasteiger partial charge in [0.25, 0.3) is 0 Å². The molecule has 2 amide bonds. The summed E-state index contributed by atoms with van der Waals surface area (Å²) in [5, 5.41) is 3.01. The van der Waals surface area contributed by atoms with Crippen molar-refractivity contribution < 1.29 is 22.4 Å². The molecule has 10 heteroatoms. The number of hydrogen-bond donors (Lipinski definition) is 1. The molecule has 0 bridgehead atoms. The molecular weight excluding hydrogens is 433 g/mol. The van der Waals surface area contributed by atoms with E-state index in [9.17, 15) is 18.0 Å². The van der Waals surface area contributed by atoms with Gasteiger partial charge in [-0.1, -0.05) is 23.7 Å². The average Bonchev–Trinajstić information content (AvgIpc) is 3.42. The zero-order chi connectivity index (χ0) is 22.2. The molecule has 0 unspecified atom stereocenters. The van der Waals surface area contributed by atoms with Crippen molar-refractivity contribution in [3.05, 3.63) is 70.7 Å². The smallest absolute Gasteiger partial charge is 0.451 e. The van der Waals surface area contributed by atoms with Crippen LogP contribution in [0.25, 0.3) is 0 Å². The topological polar surface area (TPSA) is 63.3 Å². The number of urea groups is 1. The van der Waals surface area contributed by atoms with Crippen LogP contribution in [0.15, 0.2) is 47.1 Å². The van der Waals surface area contributed by atoms with Crippen molar-refractivity contribution in [3.8, 4) is 0 Å². The molecule has 1 atom stereocenters. The number of carbonyl (C=O) groups excluding carboxylic acids is 1. The van der Waals surface area contributed by atoms with Crippen LogP contribution in [-0.2, 0) is 12.7 Å². The summed E-state index contributed by atoms with van der Waals surface area (Å²) < 4.78 is 46.3. The second-order valence-corrected chi connectivity index (χ2v) is 7.86. The van der Waals surface area contributed by atoms with Crippen molar-refractivity contribution in [2.75, 3.05) is 11.9 Å². The van der Waals surface area contributed by atoms with Gasteiger partial charge in [-0.3, -0.25) is 0 Å². The van der Waals surface area contributed by atoms with E-state index in [1.54, 1.807) is 18.3 Å². The standard InChI is InChI=1S/C21H20ClF3N4O2/c1-13-11-16(18(31-13)21(23,24)25)27-20(30)29-9-2-3-17(29)19-26-8-10-28(19)12-14-4-6-15(22)7-5-14/h4-8,10-11,17H,2-3,9,12H2,1H3,(H,27,30)/t17-/m1/s1. The summed E-state index contributed by atoms with van der Waals surface area (Å²) >= 11 is 5.94. The molecule has 4 rings (SSSR count). The number of nitrogens with one attached hydrogen (secondary N) is 1. The number of aromatic nitrogens is 2. The van der Waals surface area contributed by atoms with Crippen LogP contribution in [0.3, 0.4) is 0 Å². The monoisotopic (exact) mass is 452 g/mol. The highest BCUT2D eigenvalue weighted by molar-refractivity contribution is 6.30. The average molecular weight is 453 g/mol. The van der Waals surface area contributed by atoms with E-state index in [2.05, 4.69) is 10.3 Å². The molecule has 1 N–H and O–H groups in total. The lowest BCUT2D eigenvalue weighted by atomic mass is 10.2. The molecule has 3 heterocycles. The second kappa shape index (κ2) is 8.30. The van der Waals surface area contributed by atoms with E-state index >= 15 is 0 Å². The molecule has 0 aliphatic carbocycles. The minimum absolute atomic E-state index is 0.0686. The molecule has 6 nitrogen and oxygen atoms in total. The maximum Gasteiger partial charge on any atom is 0.451 e. The lowest BCUT2D eigenvalue weighted by Crippen LogP contribution is -2.36. The summed E-state index contributed by atoms with van der Waals surface area (Å²) in [6, 6.07) is 7.63. The van der Waals surface area contributed by atoms with Gasteiger partial charge in [-0.15, -0.1) is 0 Å². The third-order valence-corrected chi connectivity index (χ3v) is 5.43. The summed E-state index contributed by atoms with van der Waals surface area (Å²) in [5.74, 6) is -0.459. The van der Waals surface area contributed by atoms with Gasteiger partial charge in [-0.2, -0.15) is 13.2 Å². The molecule has 3 aromatic rings. The van der Waals surface area contributed by atoms with E-state index in [1.807, 2.05) is 22.9 Å². The van der Waals surface area contributed by atoms with Crippen molar-refractivity contribution in [1.29, 1.82) is 0 Å². The number of halogens is 4. The van der Waals surface area contributed by atoms with E-state index in [1.165, 1.54) is 17.9 Å². The first-order chi connectivity index (χ1) is 14.7. The normalized spacial score (nSPS) is 16.7. The number of anilines is 1. The molecule has 1 saturated heterocycles. The quantitative estimate of drug-likeness (QED) is 0.538. The van der Waals surface area contributed by atoms with Gasteiger partial charge in [0.1, 0.15) is 11.6 Å². The number of amides is 2. The van der Waals surface area contributed by atoms with Gasteiger partial charge in [0.15, 0.2) is 0 Å². The Morgan fingerprint density at radius 2 is 2.06 bits per heavy atom. The van der Waals surface area contributed by atoms with Gasteiger partial charge >= 0.3 is 12.2 Å². The first kappa shape index (κ1) is 21.3. The number of aryl methyl sites for hydroxylation is 1. The van der Waals surface area contributed by atoms with Gasteiger partial charge in [0.2, 0.25) is 5.76 Å². The Balaban J connectivity index is 1.53. The summed E-state index contributed by atoms with van der Waals surface area (Å²) in [6.45, 7) is 2.36. The Labute approximate surface area is 181 Å². The minimum atomic E-state index is -4.70. The fourth-order valence-corrected chi connectivity index (χ4v) is 3.95. The Morgan fingerprint density at radius 1 is 1.32 bits per heavy atom. The highest BCUT2D eigenvalue weighted by Crippen LogP contribution is 2.38. The highest BCUT2D eigenvalue weighted by atomic mass is 35.5. The molecule has 2 aromatic heterocycles. The van der Waals surface area contributed by atoms with Crippen LogP contribution in [0.1, 0.15) is 41.8 Å². The number of likely N-dealkylation sites (tertiary alicyclic amines) is 1. The molecule has 164 valence electrons. The van der Waals surface area contributed by atoms with Crippen LogP contribution in [0.2, 0.25) is 5.02 Å². The summed E-state index contributed by atoms with van der Waals surface area (Å²) in [5.41, 5.74) is 0.631. The molecule has 0 spiro atoms.